The lowest BCUT2D eigenvalue weighted by Crippen LogP contribution is -2.22. The summed E-state index contributed by atoms with van der Waals surface area (Å²) in [5, 5.41) is 5.74. The number of fused-ring (bicyclic) bond motifs is 1. The number of ether oxygens (including phenoxy) is 2. The van der Waals surface area contributed by atoms with Crippen molar-refractivity contribution < 1.29 is 9.47 Å². The lowest BCUT2D eigenvalue weighted by Gasteiger charge is -2.15. The number of methoxy groups -OCH3 is 1. The molecule has 1 aromatic heterocycles. The predicted molar refractivity (Wildman–Crippen MR) is 97.7 cm³/mol. The number of alkyl halides is 1. The highest BCUT2D eigenvalue weighted by Crippen LogP contribution is 2.32. The van der Waals surface area contributed by atoms with Crippen LogP contribution in [0.2, 0.25) is 25.7 Å². The molecule has 0 radical (unpaired) electrons. The van der Waals surface area contributed by atoms with Crippen molar-refractivity contribution in [2.75, 3.05) is 13.7 Å². The molecule has 2 aromatic rings. The Morgan fingerprint density at radius 3 is 2.64 bits per heavy atom. The van der Waals surface area contributed by atoms with Gasteiger partial charge in [0.2, 0.25) is 0 Å². The van der Waals surface area contributed by atoms with Crippen LogP contribution in [0.25, 0.3) is 10.9 Å². The van der Waals surface area contributed by atoms with Crippen molar-refractivity contribution in [2.45, 2.75) is 44.2 Å². The maximum atomic E-state index is 5.77. The molecular formula is C16H25BrN2O2Si. The third-order valence-electron chi connectivity index (χ3n) is 3.54. The molecule has 1 heterocycles. The summed E-state index contributed by atoms with van der Waals surface area (Å²) in [6, 6.07) is 5.22. The molecule has 0 aliphatic rings. The van der Waals surface area contributed by atoms with E-state index in [-0.39, 0.29) is 4.83 Å². The lowest BCUT2D eigenvalue weighted by molar-refractivity contribution is 0.0791. The minimum absolute atomic E-state index is 0.223. The Labute approximate surface area is 141 Å². The quantitative estimate of drug-likeness (QED) is 0.390. The van der Waals surface area contributed by atoms with E-state index in [0.717, 1.165) is 28.8 Å². The highest BCUT2D eigenvalue weighted by molar-refractivity contribution is 9.09. The predicted octanol–water partition coefficient (Wildman–Crippen LogP) is 4.81. The molecule has 4 nitrogen and oxygen atoms in total. The summed E-state index contributed by atoms with van der Waals surface area (Å²) in [5.74, 6) is 0.855. The van der Waals surface area contributed by atoms with Crippen LogP contribution in [0.1, 0.15) is 17.3 Å². The normalized spacial score (nSPS) is 13.5. The van der Waals surface area contributed by atoms with Gasteiger partial charge < -0.3 is 9.47 Å². The molecule has 22 heavy (non-hydrogen) atoms. The van der Waals surface area contributed by atoms with Crippen molar-refractivity contribution in [1.82, 2.24) is 9.78 Å². The Bertz CT molecular complexity index is 635. The van der Waals surface area contributed by atoms with E-state index in [2.05, 4.69) is 47.6 Å². The van der Waals surface area contributed by atoms with Crippen LogP contribution in [0.15, 0.2) is 18.3 Å². The van der Waals surface area contributed by atoms with Crippen LogP contribution in [0.4, 0.5) is 0 Å². The molecule has 0 N–H and O–H groups in total. The van der Waals surface area contributed by atoms with Gasteiger partial charge in [0.1, 0.15) is 12.5 Å². The summed E-state index contributed by atoms with van der Waals surface area (Å²) in [6.07, 6.45) is 2.02. The van der Waals surface area contributed by atoms with Crippen molar-refractivity contribution in [3.63, 3.8) is 0 Å². The summed E-state index contributed by atoms with van der Waals surface area (Å²) in [4.78, 5) is 0.223. The molecule has 1 atom stereocenters. The summed E-state index contributed by atoms with van der Waals surface area (Å²) in [5.41, 5.74) is 2.13. The second kappa shape index (κ2) is 7.15. The van der Waals surface area contributed by atoms with Gasteiger partial charge in [-0.15, -0.1) is 0 Å². The van der Waals surface area contributed by atoms with Gasteiger partial charge in [-0.25, -0.2) is 4.68 Å². The molecule has 0 bridgehead atoms. The van der Waals surface area contributed by atoms with Gasteiger partial charge in [0.05, 0.1) is 12.6 Å². The number of rotatable bonds is 7. The zero-order valence-electron chi connectivity index (χ0n) is 14.0. The van der Waals surface area contributed by atoms with Crippen LogP contribution in [0.5, 0.6) is 5.75 Å². The monoisotopic (exact) mass is 384 g/mol. The molecule has 6 heteroatoms. The number of nitrogens with zero attached hydrogens (tertiary/aromatic N) is 2. The van der Waals surface area contributed by atoms with Crippen LogP contribution in [-0.4, -0.2) is 31.6 Å². The standard InChI is InChI=1S/C16H25BrN2O2Si/c1-12(17)15-9-14(20-2)8-13-10-19(18-16(13)15)11-21-6-7-22(3,4)5/h8-10,12H,6-7,11H2,1-5H3. The van der Waals surface area contributed by atoms with Gasteiger partial charge in [0, 0.05) is 31.1 Å². The molecule has 0 saturated carbocycles. The van der Waals surface area contributed by atoms with Crippen LogP contribution in [0, 0.1) is 0 Å². The van der Waals surface area contributed by atoms with Crippen molar-refractivity contribution in [3.8, 4) is 5.75 Å². The number of halogens is 1. The zero-order valence-corrected chi connectivity index (χ0v) is 16.6. The number of hydrogen-bond acceptors (Lipinski definition) is 3. The Hall–Kier alpha value is -0.853. The number of benzene rings is 1. The van der Waals surface area contributed by atoms with E-state index in [1.54, 1.807) is 7.11 Å². The fraction of sp³-hybridized carbons (Fsp3) is 0.562. The average molecular weight is 385 g/mol. The molecule has 1 aromatic carbocycles. The fourth-order valence-electron chi connectivity index (χ4n) is 2.21. The van der Waals surface area contributed by atoms with Gasteiger partial charge in [-0.2, -0.15) is 5.10 Å². The van der Waals surface area contributed by atoms with Gasteiger partial charge in [-0.1, -0.05) is 35.6 Å². The highest BCUT2D eigenvalue weighted by atomic mass is 79.9. The second-order valence-corrected chi connectivity index (χ2v) is 13.8. The van der Waals surface area contributed by atoms with Gasteiger partial charge in [0.15, 0.2) is 0 Å². The van der Waals surface area contributed by atoms with E-state index in [1.807, 2.05) is 23.0 Å². The van der Waals surface area contributed by atoms with E-state index in [1.165, 1.54) is 6.04 Å². The molecule has 0 fully saturated rings. The number of aromatic nitrogens is 2. The first-order valence-electron chi connectivity index (χ1n) is 7.57. The van der Waals surface area contributed by atoms with Gasteiger partial charge >= 0.3 is 0 Å². The average Bonchev–Trinajstić information content (AvgIpc) is 2.83. The first kappa shape index (κ1) is 17.5. The molecule has 0 aliphatic heterocycles. The first-order chi connectivity index (χ1) is 10.3. The molecule has 0 spiro atoms. The summed E-state index contributed by atoms with van der Waals surface area (Å²) in [6.45, 7) is 10.5. The third kappa shape index (κ3) is 4.57. The van der Waals surface area contributed by atoms with Crippen LogP contribution >= 0.6 is 15.9 Å². The van der Waals surface area contributed by atoms with Crippen LogP contribution in [0.3, 0.4) is 0 Å². The Morgan fingerprint density at radius 1 is 1.32 bits per heavy atom. The van der Waals surface area contributed by atoms with Crippen LogP contribution in [-0.2, 0) is 11.5 Å². The largest absolute Gasteiger partial charge is 0.497 e. The second-order valence-electron chi connectivity index (χ2n) is 6.79. The Morgan fingerprint density at radius 2 is 2.05 bits per heavy atom. The van der Waals surface area contributed by atoms with Gasteiger partial charge in [-0.3, -0.25) is 0 Å². The highest BCUT2D eigenvalue weighted by Gasteiger charge is 2.14. The molecular weight excluding hydrogens is 360 g/mol. The molecule has 2 rings (SSSR count). The maximum Gasteiger partial charge on any atom is 0.139 e. The smallest absolute Gasteiger partial charge is 0.139 e. The van der Waals surface area contributed by atoms with E-state index in [4.69, 9.17) is 9.47 Å². The maximum absolute atomic E-state index is 5.77. The van der Waals surface area contributed by atoms with E-state index >= 15 is 0 Å². The van der Waals surface area contributed by atoms with Crippen molar-refractivity contribution in [2.24, 2.45) is 0 Å². The Balaban J connectivity index is 2.14. The summed E-state index contributed by atoms with van der Waals surface area (Å²) < 4.78 is 13.0. The van der Waals surface area contributed by atoms with E-state index < -0.39 is 8.07 Å². The molecule has 0 aliphatic carbocycles. The van der Waals surface area contributed by atoms with Crippen LogP contribution < -0.4 is 4.74 Å². The van der Waals surface area contributed by atoms with E-state index in [0.29, 0.717) is 6.73 Å². The fourth-order valence-corrected chi connectivity index (χ4v) is 3.31. The molecule has 1 unspecified atom stereocenters. The zero-order chi connectivity index (χ0) is 16.3. The first-order valence-corrected chi connectivity index (χ1v) is 12.2. The summed E-state index contributed by atoms with van der Waals surface area (Å²) in [7, 11) is 0.647. The van der Waals surface area contributed by atoms with E-state index in [9.17, 15) is 0 Å². The topological polar surface area (TPSA) is 36.3 Å². The van der Waals surface area contributed by atoms with Gasteiger partial charge in [-0.05, 0) is 30.7 Å². The molecule has 0 saturated heterocycles. The SMILES string of the molecule is COc1cc(C(C)Br)c2nn(COCC[Si](C)(C)C)cc2c1. The minimum atomic E-state index is -1.04. The van der Waals surface area contributed by atoms with Crippen molar-refractivity contribution in [3.05, 3.63) is 23.9 Å². The molecule has 122 valence electrons. The number of hydrogen-bond donors (Lipinski definition) is 0. The van der Waals surface area contributed by atoms with Gasteiger partial charge in [0.25, 0.3) is 0 Å². The van der Waals surface area contributed by atoms with Crippen molar-refractivity contribution >= 4 is 34.9 Å². The summed E-state index contributed by atoms with van der Waals surface area (Å²) >= 11 is 3.63. The molecule has 0 amide bonds. The third-order valence-corrected chi connectivity index (χ3v) is 5.74. The van der Waals surface area contributed by atoms with Crippen molar-refractivity contribution in [1.29, 1.82) is 0 Å². The Kier molecular flexibility index (Phi) is 5.69. The minimum Gasteiger partial charge on any atom is -0.497 e. The lowest BCUT2D eigenvalue weighted by atomic mass is 10.1.